The summed E-state index contributed by atoms with van der Waals surface area (Å²) in [6, 6.07) is 8.36. The van der Waals surface area contributed by atoms with Crippen LogP contribution < -0.4 is 5.73 Å². The van der Waals surface area contributed by atoms with Gasteiger partial charge in [-0.15, -0.1) is 11.8 Å². The average molecular weight is 304 g/mol. The molecule has 0 spiro atoms. The molecule has 1 aromatic rings. The number of hydrogen-bond donors (Lipinski definition) is 1. The van der Waals surface area contributed by atoms with E-state index in [0.717, 1.165) is 23.3 Å². The first-order chi connectivity index (χ1) is 7.72. The minimum atomic E-state index is 0.107. The molecule has 2 N–H and O–H groups in total. The number of ether oxygens (including phenoxy) is 1. The molecule has 1 atom stereocenters. The summed E-state index contributed by atoms with van der Waals surface area (Å²) in [5, 5.41) is 0. The molecule has 1 unspecified atom stereocenters. The fraction of sp³-hybridized carbons (Fsp3) is 0.500. The molecule has 0 heterocycles. The highest BCUT2D eigenvalue weighted by Crippen LogP contribution is 2.22. The highest BCUT2D eigenvalue weighted by atomic mass is 79.9. The maximum Gasteiger partial charge on any atom is 0.0625 e. The fourth-order valence-corrected chi connectivity index (χ4v) is 2.63. The maximum absolute atomic E-state index is 5.94. The number of halogens is 1. The Morgan fingerprint density at radius 2 is 2.31 bits per heavy atom. The summed E-state index contributed by atoms with van der Waals surface area (Å²) in [6.45, 7) is 3.55. The smallest absolute Gasteiger partial charge is 0.0625 e. The van der Waals surface area contributed by atoms with Crippen molar-refractivity contribution in [2.45, 2.75) is 24.3 Å². The van der Waals surface area contributed by atoms with E-state index >= 15 is 0 Å². The largest absolute Gasteiger partial charge is 0.380 e. The second kappa shape index (κ2) is 8.12. The van der Waals surface area contributed by atoms with E-state index in [2.05, 4.69) is 35.0 Å². The van der Waals surface area contributed by atoms with Crippen molar-refractivity contribution in [3.05, 3.63) is 28.7 Å². The highest BCUT2D eigenvalue weighted by molar-refractivity contribution is 9.10. The van der Waals surface area contributed by atoms with Crippen LogP contribution in [-0.2, 0) is 4.74 Å². The Hall–Kier alpha value is -0.0300. The summed E-state index contributed by atoms with van der Waals surface area (Å²) in [5.74, 6) is 0.889. The van der Waals surface area contributed by atoms with E-state index < -0.39 is 0 Å². The molecule has 0 aliphatic carbocycles. The fourth-order valence-electron chi connectivity index (χ4n) is 1.19. The molecule has 0 saturated heterocycles. The molecule has 0 aromatic heterocycles. The summed E-state index contributed by atoms with van der Waals surface area (Å²) in [4.78, 5) is 1.24. The lowest BCUT2D eigenvalue weighted by Crippen LogP contribution is -2.28. The second-order valence-electron chi connectivity index (χ2n) is 3.60. The van der Waals surface area contributed by atoms with Crippen LogP contribution in [0.1, 0.15) is 13.3 Å². The molecule has 90 valence electrons. The second-order valence-corrected chi connectivity index (χ2v) is 5.61. The molecule has 0 bridgehead atoms. The van der Waals surface area contributed by atoms with Gasteiger partial charge < -0.3 is 10.5 Å². The molecule has 1 rings (SSSR count). The normalized spacial score (nSPS) is 12.7. The summed E-state index contributed by atoms with van der Waals surface area (Å²) >= 11 is 5.22. The van der Waals surface area contributed by atoms with Crippen molar-refractivity contribution in [3.8, 4) is 0 Å². The van der Waals surface area contributed by atoms with Crippen LogP contribution in [0, 0.1) is 0 Å². The lowest BCUT2D eigenvalue weighted by Gasteiger charge is -2.11. The number of rotatable bonds is 7. The minimum absolute atomic E-state index is 0.107. The molecule has 1 aromatic carbocycles. The van der Waals surface area contributed by atoms with Crippen molar-refractivity contribution in [1.82, 2.24) is 0 Å². The van der Waals surface area contributed by atoms with E-state index in [1.807, 2.05) is 12.1 Å². The van der Waals surface area contributed by atoms with E-state index in [1.165, 1.54) is 4.90 Å². The number of benzene rings is 1. The number of nitrogens with two attached hydrogens (primary N) is 1. The Kier molecular flexibility index (Phi) is 7.12. The quantitative estimate of drug-likeness (QED) is 0.620. The third-order valence-corrected chi connectivity index (χ3v) is 3.62. The molecular weight excluding hydrogens is 286 g/mol. The van der Waals surface area contributed by atoms with Crippen LogP contribution in [0.2, 0.25) is 0 Å². The van der Waals surface area contributed by atoms with Crippen molar-refractivity contribution >= 4 is 27.7 Å². The van der Waals surface area contributed by atoms with Crippen LogP contribution in [-0.4, -0.2) is 25.0 Å². The number of thioether (sulfide) groups is 1. The molecule has 0 aliphatic rings. The van der Waals surface area contributed by atoms with Gasteiger partial charge in [-0.25, -0.2) is 0 Å². The zero-order valence-electron chi connectivity index (χ0n) is 9.49. The molecular formula is C12H18BrNOS. The summed E-state index contributed by atoms with van der Waals surface area (Å²) in [5.41, 5.74) is 5.94. The van der Waals surface area contributed by atoms with Gasteiger partial charge in [0.05, 0.1) is 6.61 Å². The highest BCUT2D eigenvalue weighted by Gasteiger charge is 2.03. The first-order valence-electron chi connectivity index (χ1n) is 5.44. The average Bonchev–Trinajstić information content (AvgIpc) is 2.27. The molecule has 0 radical (unpaired) electrons. The zero-order valence-corrected chi connectivity index (χ0v) is 11.9. The first kappa shape index (κ1) is 14.0. The standard InChI is InChI=1S/C12H18BrNOS/c1-2-6-15-8-11(14)9-16-12-5-3-4-10(13)7-12/h3-5,7,11H,2,6,8-9,14H2,1H3. The molecule has 0 amide bonds. The number of hydrogen-bond acceptors (Lipinski definition) is 3. The van der Waals surface area contributed by atoms with Gasteiger partial charge in [-0.2, -0.15) is 0 Å². The zero-order chi connectivity index (χ0) is 11.8. The molecule has 2 nitrogen and oxygen atoms in total. The van der Waals surface area contributed by atoms with Crippen LogP contribution in [0.5, 0.6) is 0 Å². The van der Waals surface area contributed by atoms with Gasteiger partial charge in [0.2, 0.25) is 0 Å². The summed E-state index contributed by atoms with van der Waals surface area (Å²) in [6.07, 6.45) is 1.05. The topological polar surface area (TPSA) is 35.2 Å². The lowest BCUT2D eigenvalue weighted by atomic mass is 10.4. The van der Waals surface area contributed by atoms with Crippen molar-refractivity contribution in [1.29, 1.82) is 0 Å². The van der Waals surface area contributed by atoms with Crippen LogP contribution in [0.25, 0.3) is 0 Å². The Balaban J connectivity index is 2.23. The molecule has 0 saturated carbocycles. The first-order valence-corrected chi connectivity index (χ1v) is 7.22. The van der Waals surface area contributed by atoms with Crippen LogP contribution in [0.15, 0.2) is 33.6 Å². The Morgan fingerprint density at radius 1 is 1.50 bits per heavy atom. The van der Waals surface area contributed by atoms with Gasteiger partial charge in [0.15, 0.2) is 0 Å². The van der Waals surface area contributed by atoms with E-state index in [9.17, 15) is 0 Å². The maximum atomic E-state index is 5.94. The van der Waals surface area contributed by atoms with Gasteiger partial charge in [0.25, 0.3) is 0 Å². The van der Waals surface area contributed by atoms with Crippen molar-refractivity contribution in [3.63, 3.8) is 0 Å². The summed E-state index contributed by atoms with van der Waals surface area (Å²) in [7, 11) is 0. The van der Waals surface area contributed by atoms with Crippen LogP contribution in [0.4, 0.5) is 0 Å². The third-order valence-electron chi connectivity index (χ3n) is 1.94. The van der Waals surface area contributed by atoms with Crippen LogP contribution in [0.3, 0.4) is 0 Å². The molecule has 0 aliphatic heterocycles. The van der Waals surface area contributed by atoms with Gasteiger partial charge >= 0.3 is 0 Å². The monoisotopic (exact) mass is 303 g/mol. The van der Waals surface area contributed by atoms with Crippen molar-refractivity contribution in [2.75, 3.05) is 19.0 Å². The van der Waals surface area contributed by atoms with Gasteiger partial charge in [-0.3, -0.25) is 0 Å². The minimum Gasteiger partial charge on any atom is -0.380 e. The Bertz CT molecular complexity index is 309. The molecule has 0 fully saturated rings. The van der Waals surface area contributed by atoms with Crippen LogP contribution >= 0.6 is 27.7 Å². The Morgan fingerprint density at radius 3 is 3.00 bits per heavy atom. The van der Waals surface area contributed by atoms with Gasteiger partial charge in [0, 0.05) is 27.8 Å². The molecule has 4 heteroatoms. The van der Waals surface area contributed by atoms with Crippen molar-refractivity contribution in [2.24, 2.45) is 5.73 Å². The van der Waals surface area contributed by atoms with Gasteiger partial charge in [-0.05, 0) is 24.6 Å². The van der Waals surface area contributed by atoms with Gasteiger partial charge in [0.1, 0.15) is 0 Å². The van der Waals surface area contributed by atoms with E-state index in [1.54, 1.807) is 11.8 Å². The Labute approximate surface area is 110 Å². The molecule has 16 heavy (non-hydrogen) atoms. The lowest BCUT2D eigenvalue weighted by molar-refractivity contribution is 0.126. The SMILES string of the molecule is CCCOCC(N)CSc1cccc(Br)c1. The summed E-state index contributed by atoms with van der Waals surface area (Å²) < 4.78 is 6.51. The van der Waals surface area contributed by atoms with Crippen molar-refractivity contribution < 1.29 is 4.74 Å². The third kappa shape index (κ3) is 5.89. The van der Waals surface area contributed by atoms with E-state index in [0.29, 0.717) is 6.61 Å². The predicted octanol–water partition coefficient (Wildman–Crippen LogP) is 3.30. The van der Waals surface area contributed by atoms with E-state index in [4.69, 9.17) is 10.5 Å². The predicted molar refractivity (Wildman–Crippen MR) is 74.0 cm³/mol. The van der Waals surface area contributed by atoms with E-state index in [-0.39, 0.29) is 6.04 Å². The van der Waals surface area contributed by atoms with Gasteiger partial charge in [-0.1, -0.05) is 28.9 Å².